The molecule has 6 aromatic carbocycles. The van der Waals surface area contributed by atoms with Crippen molar-refractivity contribution in [2.75, 3.05) is 0 Å². The second kappa shape index (κ2) is 8.72. The van der Waals surface area contributed by atoms with Crippen molar-refractivity contribution in [1.82, 2.24) is 18.5 Å². The van der Waals surface area contributed by atoms with E-state index in [0.29, 0.717) is 0 Å². The summed E-state index contributed by atoms with van der Waals surface area (Å²) in [6.45, 7) is 0. The molecule has 0 fully saturated rings. The average Bonchev–Trinajstić information content (AvgIpc) is 3.81. The Labute approximate surface area is 251 Å². The molecule has 0 spiro atoms. The first kappa shape index (κ1) is 23.5. The van der Waals surface area contributed by atoms with Crippen LogP contribution < -0.4 is 0 Å². The molecule has 0 aliphatic carbocycles. The molecule has 5 nitrogen and oxygen atoms in total. The van der Waals surface area contributed by atoms with Gasteiger partial charge in [0.15, 0.2) is 0 Å². The summed E-state index contributed by atoms with van der Waals surface area (Å²) in [6, 6.07) is 51.2. The Hall–Kier alpha value is -6.07. The van der Waals surface area contributed by atoms with Crippen LogP contribution in [0.3, 0.4) is 0 Å². The minimum Gasteiger partial charge on any atom is -0.437 e. The number of hydrogen-bond acceptors (Lipinski definition) is 2. The summed E-state index contributed by atoms with van der Waals surface area (Å²) < 4.78 is 13.1. The Balaban J connectivity index is 1.21. The molecule has 0 aliphatic heterocycles. The largest absolute Gasteiger partial charge is 0.437 e. The molecule has 0 radical (unpaired) electrons. The van der Waals surface area contributed by atoms with E-state index < -0.39 is 0 Å². The number of para-hydroxylation sites is 4. The molecular weight excluding hydrogens is 540 g/mol. The first-order chi connectivity index (χ1) is 21.8. The molecule has 0 aliphatic rings. The van der Waals surface area contributed by atoms with Crippen LogP contribution in [0.5, 0.6) is 0 Å². The number of rotatable bonds is 3. The van der Waals surface area contributed by atoms with Gasteiger partial charge in [0.25, 0.3) is 0 Å². The third-order valence-electron chi connectivity index (χ3n) is 8.85. The number of hydrogen-bond donors (Lipinski definition) is 0. The van der Waals surface area contributed by atoms with Crippen LogP contribution in [0.4, 0.5) is 0 Å². The maximum Gasteiger partial charge on any atom is 0.232 e. The molecule has 0 N–H and O–H groups in total. The second-order valence-corrected chi connectivity index (χ2v) is 11.3. The van der Waals surface area contributed by atoms with Gasteiger partial charge < -0.3 is 8.98 Å². The monoisotopic (exact) mass is 564 g/mol. The van der Waals surface area contributed by atoms with Gasteiger partial charge in [-0.2, -0.15) is 0 Å². The van der Waals surface area contributed by atoms with Gasteiger partial charge in [0.1, 0.15) is 11.1 Å². The van der Waals surface area contributed by atoms with Gasteiger partial charge in [0.05, 0.1) is 27.8 Å². The predicted molar refractivity (Wildman–Crippen MR) is 179 cm³/mol. The van der Waals surface area contributed by atoms with E-state index >= 15 is 0 Å². The smallest absolute Gasteiger partial charge is 0.232 e. The SMILES string of the molecule is c1ccc(-n2c3ccccc3c3cc(-c4ccc5c(c4)nc4n(-c6ccccc6)c6oc7ccccc7c6n54)ccc32)cc1. The number of imidazole rings is 2. The fraction of sp³-hybridized carbons (Fsp3) is 0. The third-order valence-corrected chi connectivity index (χ3v) is 8.85. The number of nitrogens with zero attached hydrogens (tertiary/aromatic N) is 4. The number of furan rings is 1. The topological polar surface area (TPSA) is 40.3 Å². The first-order valence-corrected chi connectivity index (χ1v) is 14.8. The van der Waals surface area contributed by atoms with Crippen LogP contribution in [0.1, 0.15) is 0 Å². The molecule has 0 bridgehead atoms. The van der Waals surface area contributed by atoms with Crippen LogP contribution in [-0.2, 0) is 0 Å². The standard InChI is InChI=1S/C39H24N4O/c1-3-11-27(12-4-1)41-33-17-9-7-15-29(33)31-23-25(19-21-34(31)41)26-20-22-35-32(24-26)40-39-42(28-13-5-2-6-14-28)38-37(43(35)39)30-16-8-10-18-36(30)44-38/h1-24H. The van der Waals surface area contributed by atoms with Gasteiger partial charge in [0, 0.05) is 21.8 Å². The van der Waals surface area contributed by atoms with Crippen LogP contribution in [0.25, 0.3) is 83.3 Å². The van der Waals surface area contributed by atoms with Crippen molar-refractivity contribution in [3.63, 3.8) is 0 Å². The lowest BCUT2D eigenvalue weighted by Crippen LogP contribution is -1.94. The lowest BCUT2D eigenvalue weighted by molar-refractivity contribution is 0.645. The second-order valence-electron chi connectivity index (χ2n) is 11.3. The molecule has 10 rings (SSSR count). The Kier molecular flexibility index (Phi) is 4.66. The maximum absolute atomic E-state index is 6.43. The van der Waals surface area contributed by atoms with Gasteiger partial charge >= 0.3 is 0 Å². The Morgan fingerprint density at radius 2 is 1.09 bits per heavy atom. The summed E-state index contributed by atoms with van der Waals surface area (Å²) in [5, 5.41) is 3.55. The van der Waals surface area contributed by atoms with Crippen molar-refractivity contribution >= 4 is 60.8 Å². The van der Waals surface area contributed by atoms with Gasteiger partial charge in [-0.1, -0.05) is 78.9 Å². The Bertz CT molecular complexity index is 2710. The summed E-state index contributed by atoms with van der Waals surface area (Å²) >= 11 is 0. The van der Waals surface area contributed by atoms with E-state index in [-0.39, 0.29) is 0 Å². The quantitative estimate of drug-likeness (QED) is 0.214. The molecule has 4 aromatic heterocycles. The van der Waals surface area contributed by atoms with E-state index in [9.17, 15) is 0 Å². The molecule has 0 unspecified atom stereocenters. The summed E-state index contributed by atoms with van der Waals surface area (Å²) in [5.74, 6) is 0.837. The van der Waals surface area contributed by atoms with Crippen LogP contribution in [0.15, 0.2) is 150 Å². The van der Waals surface area contributed by atoms with Crippen LogP contribution in [0.2, 0.25) is 0 Å². The van der Waals surface area contributed by atoms with Crippen molar-refractivity contribution < 1.29 is 4.42 Å². The third kappa shape index (κ3) is 3.15. The summed E-state index contributed by atoms with van der Waals surface area (Å²) in [5.41, 5.74) is 11.6. The highest BCUT2D eigenvalue weighted by atomic mass is 16.3. The molecule has 0 atom stereocenters. The van der Waals surface area contributed by atoms with Crippen molar-refractivity contribution in [3.8, 4) is 22.5 Å². The lowest BCUT2D eigenvalue weighted by Gasteiger charge is -2.08. The van der Waals surface area contributed by atoms with E-state index in [0.717, 1.165) is 61.5 Å². The van der Waals surface area contributed by atoms with Crippen LogP contribution in [-0.4, -0.2) is 18.5 Å². The molecule has 0 saturated heterocycles. The summed E-state index contributed by atoms with van der Waals surface area (Å²) in [6.07, 6.45) is 0. The van der Waals surface area contributed by atoms with E-state index in [1.54, 1.807) is 0 Å². The van der Waals surface area contributed by atoms with Crippen molar-refractivity contribution in [3.05, 3.63) is 146 Å². The summed E-state index contributed by atoms with van der Waals surface area (Å²) in [4.78, 5) is 5.21. The highest BCUT2D eigenvalue weighted by Gasteiger charge is 2.23. The number of benzene rings is 6. The molecule has 0 amide bonds. The van der Waals surface area contributed by atoms with E-state index in [4.69, 9.17) is 9.40 Å². The molecule has 4 heterocycles. The fourth-order valence-electron chi connectivity index (χ4n) is 6.91. The number of aromatic nitrogens is 4. The van der Waals surface area contributed by atoms with Crippen molar-refractivity contribution in [2.24, 2.45) is 0 Å². The molecule has 44 heavy (non-hydrogen) atoms. The Morgan fingerprint density at radius 1 is 0.477 bits per heavy atom. The van der Waals surface area contributed by atoms with Gasteiger partial charge in [-0.15, -0.1) is 0 Å². The van der Waals surface area contributed by atoms with Gasteiger partial charge in [-0.25, -0.2) is 9.55 Å². The molecule has 0 saturated carbocycles. The average molecular weight is 565 g/mol. The molecule has 206 valence electrons. The fourth-order valence-corrected chi connectivity index (χ4v) is 6.91. The van der Waals surface area contributed by atoms with E-state index in [1.165, 1.54) is 21.8 Å². The van der Waals surface area contributed by atoms with Crippen LogP contribution in [0, 0.1) is 0 Å². The zero-order valence-electron chi connectivity index (χ0n) is 23.6. The maximum atomic E-state index is 6.43. The Morgan fingerprint density at radius 3 is 1.89 bits per heavy atom. The zero-order valence-corrected chi connectivity index (χ0v) is 23.6. The van der Waals surface area contributed by atoms with E-state index in [1.807, 2.05) is 30.3 Å². The predicted octanol–water partition coefficient (Wildman–Crippen LogP) is 9.94. The number of fused-ring (bicyclic) bond motifs is 10. The zero-order chi connectivity index (χ0) is 28.8. The molecular formula is C39H24N4O. The summed E-state index contributed by atoms with van der Waals surface area (Å²) in [7, 11) is 0. The first-order valence-electron chi connectivity index (χ1n) is 14.8. The minimum absolute atomic E-state index is 0.797. The van der Waals surface area contributed by atoms with Crippen molar-refractivity contribution in [2.45, 2.75) is 0 Å². The van der Waals surface area contributed by atoms with Gasteiger partial charge in [-0.3, -0.25) is 4.40 Å². The molecule has 5 heteroatoms. The highest BCUT2D eigenvalue weighted by Crippen LogP contribution is 2.38. The normalized spacial score (nSPS) is 12.1. The minimum atomic E-state index is 0.797. The van der Waals surface area contributed by atoms with Crippen LogP contribution >= 0.6 is 0 Å². The van der Waals surface area contributed by atoms with Gasteiger partial charge in [-0.05, 0) is 77.9 Å². The molecule has 10 aromatic rings. The lowest BCUT2D eigenvalue weighted by atomic mass is 10.0. The van der Waals surface area contributed by atoms with Crippen molar-refractivity contribution in [1.29, 1.82) is 0 Å². The van der Waals surface area contributed by atoms with E-state index in [2.05, 4.69) is 129 Å². The highest BCUT2D eigenvalue weighted by molar-refractivity contribution is 6.11. The van der Waals surface area contributed by atoms with Gasteiger partial charge in [0.2, 0.25) is 11.5 Å².